The molecule has 0 radical (unpaired) electrons. The van der Waals surface area contributed by atoms with Crippen LogP contribution >= 0.6 is 24.8 Å². The van der Waals surface area contributed by atoms with Crippen LogP contribution in [0.2, 0.25) is 0 Å². The van der Waals surface area contributed by atoms with Gasteiger partial charge in [-0.2, -0.15) is 0 Å². The average molecular weight is 360 g/mol. The number of hydrogen-bond donors (Lipinski definition) is 1. The molecule has 1 amide bonds. The number of carbonyl (C=O) groups excluding carboxylic acids is 1. The first-order chi connectivity index (χ1) is 10.3. The SMILES string of the molecule is CNCCCC(=O)N1CCN(CC2CC2)c2ccccc21.Cl.Cl. The van der Waals surface area contributed by atoms with E-state index in [1.807, 2.05) is 18.0 Å². The van der Waals surface area contributed by atoms with E-state index in [0.717, 1.165) is 44.2 Å². The maximum absolute atomic E-state index is 12.5. The molecular formula is C17H27Cl2N3O. The van der Waals surface area contributed by atoms with Crippen molar-refractivity contribution in [2.24, 2.45) is 5.92 Å². The molecule has 0 bridgehead atoms. The minimum absolute atomic E-state index is 0. The molecule has 1 aromatic carbocycles. The highest BCUT2D eigenvalue weighted by molar-refractivity contribution is 5.97. The quantitative estimate of drug-likeness (QED) is 0.792. The predicted molar refractivity (Wildman–Crippen MR) is 101 cm³/mol. The van der Waals surface area contributed by atoms with Crippen molar-refractivity contribution in [3.63, 3.8) is 0 Å². The van der Waals surface area contributed by atoms with E-state index in [0.29, 0.717) is 6.42 Å². The van der Waals surface area contributed by atoms with Gasteiger partial charge in [0.15, 0.2) is 0 Å². The number of fused-ring (bicyclic) bond motifs is 1. The van der Waals surface area contributed by atoms with Gasteiger partial charge in [-0.1, -0.05) is 12.1 Å². The molecule has 1 fully saturated rings. The van der Waals surface area contributed by atoms with Gasteiger partial charge in [0, 0.05) is 26.1 Å². The second-order valence-electron chi connectivity index (χ2n) is 6.13. The van der Waals surface area contributed by atoms with E-state index in [1.165, 1.54) is 18.5 Å². The first kappa shape index (κ1) is 20.1. The number of carbonyl (C=O) groups is 1. The van der Waals surface area contributed by atoms with E-state index in [-0.39, 0.29) is 30.7 Å². The van der Waals surface area contributed by atoms with E-state index in [2.05, 4.69) is 28.4 Å². The molecule has 3 rings (SSSR count). The predicted octanol–water partition coefficient (Wildman–Crippen LogP) is 3.09. The van der Waals surface area contributed by atoms with Crippen LogP contribution in [0.4, 0.5) is 11.4 Å². The molecular weight excluding hydrogens is 333 g/mol. The summed E-state index contributed by atoms with van der Waals surface area (Å²) in [6.45, 7) is 3.83. The molecule has 23 heavy (non-hydrogen) atoms. The minimum atomic E-state index is 0. The number of anilines is 2. The van der Waals surface area contributed by atoms with Gasteiger partial charge in [0.05, 0.1) is 11.4 Å². The van der Waals surface area contributed by atoms with E-state index in [4.69, 9.17) is 0 Å². The molecule has 0 spiro atoms. The molecule has 1 heterocycles. The number of amides is 1. The standard InChI is InChI=1S/C17H25N3O.2ClH/c1-18-10-4-7-17(21)20-12-11-19(13-14-8-9-14)15-5-2-3-6-16(15)20;;/h2-3,5-6,14,18H,4,7-13H2,1H3;2*1H. The van der Waals surface area contributed by atoms with Crippen LogP contribution in [-0.4, -0.2) is 39.1 Å². The Morgan fingerprint density at radius 1 is 1.17 bits per heavy atom. The first-order valence-corrected chi connectivity index (χ1v) is 8.08. The monoisotopic (exact) mass is 359 g/mol. The summed E-state index contributed by atoms with van der Waals surface area (Å²) in [5.74, 6) is 1.12. The highest BCUT2D eigenvalue weighted by Gasteiger charge is 2.30. The Morgan fingerprint density at radius 3 is 2.52 bits per heavy atom. The lowest BCUT2D eigenvalue weighted by Gasteiger charge is -2.38. The molecule has 0 atom stereocenters. The summed E-state index contributed by atoms with van der Waals surface area (Å²) >= 11 is 0. The Balaban J connectivity index is 0.00000132. The lowest BCUT2D eigenvalue weighted by Crippen LogP contribution is -2.44. The molecule has 1 saturated carbocycles. The summed E-state index contributed by atoms with van der Waals surface area (Å²) in [5, 5.41) is 3.10. The number of rotatable bonds is 6. The number of benzene rings is 1. The molecule has 0 unspecified atom stereocenters. The van der Waals surface area contributed by atoms with Gasteiger partial charge in [-0.3, -0.25) is 4.79 Å². The van der Waals surface area contributed by atoms with Gasteiger partial charge in [0.2, 0.25) is 5.91 Å². The van der Waals surface area contributed by atoms with E-state index >= 15 is 0 Å². The first-order valence-electron chi connectivity index (χ1n) is 8.08. The lowest BCUT2D eigenvalue weighted by molar-refractivity contribution is -0.118. The fourth-order valence-electron chi connectivity index (χ4n) is 3.03. The highest BCUT2D eigenvalue weighted by atomic mass is 35.5. The molecule has 1 aromatic rings. The van der Waals surface area contributed by atoms with Crippen LogP contribution in [0.5, 0.6) is 0 Å². The van der Waals surface area contributed by atoms with Crippen LogP contribution in [0, 0.1) is 5.92 Å². The molecule has 1 aliphatic heterocycles. The van der Waals surface area contributed by atoms with Crippen LogP contribution < -0.4 is 15.1 Å². The molecule has 130 valence electrons. The van der Waals surface area contributed by atoms with Gasteiger partial charge in [0.1, 0.15) is 0 Å². The zero-order chi connectivity index (χ0) is 14.7. The maximum Gasteiger partial charge on any atom is 0.227 e. The topological polar surface area (TPSA) is 35.6 Å². The lowest BCUT2D eigenvalue weighted by atomic mass is 10.1. The summed E-state index contributed by atoms with van der Waals surface area (Å²) in [6.07, 6.45) is 4.26. The normalized spacial score (nSPS) is 16.2. The van der Waals surface area contributed by atoms with Crippen molar-refractivity contribution < 1.29 is 4.79 Å². The van der Waals surface area contributed by atoms with Gasteiger partial charge in [-0.25, -0.2) is 0 Å². The molecule has 0 saturated heterocycles. The van der Waals surface area contributed by atoms with Crippen LogP contribution in [0.3, 0.4) is 0 Å². The smallest absolute Gasteiger partial charge is 0.227 e. The number of nitrogens with zero attached hydrogens (tertiary/aromatic N) is 2. The van der Waals surface area contributed by atoms with Crippen molar-refractivity contribution in [3.05, 3.63) is 24.3 Å². The molecule has 0 aromatic heterocycles. The van der Waals surface area contributed by atoms with Crippen molar-refractivity contribution in [1.29, 1.82) is 0 Å². The Bertz CT molecular complexity index is 508. The van der Waals surface area contributed by atoms with Gasteiger partial charge < -0.3 is 15.1 Å². The van der Waals surface area contributed by atoms with E-state index in [9.17, 15) is 4.79 Å². The Morgan fingerprint density at radius 2 is 1.87 bits per heavy atom. The summed E-state index contributed by atoms with van der Waals surface area (Å²) < 4.78 is 0. The zero-order valence-electron chi connectivity index (χ0n) is 13.7. The van der Waals surface area contributed by atoms with Crippen LogP contribution in [0.1, 0.15) is 25.7 Å². The average Bonchev–Trinajstić information content (AvgIpc) is 3.32. The summed E-state index contributed by atoms with van der Waals surface area (Å²) in [6, 6.07) is 8.36. The van der Waals surface area contributed by atoms with Gasteiger partial charge in [0.25, 0.3) is 0 Å². The number of para-hydroxylation sites is 2. The molecule has 1 aliphatic carbocycles. The number of hydrogen-bond acceptors (Lipinski definition) is 3. The number of nitrogens with one attached hydrogen (secondary N) is 1. The van der Waals surface area contributed by atoms with Gasteiger partial charge in [-0.15, -0.1) is 24.8 Å². The second kappa shape index (κ2) is 9.36. The van der Waals surface area contributed by atoms with Crippen LogP contribution in [0.25, 0.3) is 0 Å². The van der Waals surface area contributed by atoms with Crippen LogP contribution in [0.15, 0.2) is 24.3 Å². The second-order valence-corrected chi connectivity index (χ2v) is 6.13. The van der Waals surface area contributed by atoms with Gasteiger partial charge in [-0.05, 0) is 50.9 Å². The number of halogens is 2. The summed E-state index contributed by atoms with van der Waals surface area (Å²) in [4.78, 5) is 16.9. The van der Waals surface area contributed by atoms with Crippen molar-refractivity contribution in [1.82, 2.24) is 5.32 Å². The van der Waals surface area contributed by atoms with E-state index < -0.39 is 0 Å². The Hall–Kier alpha value is -0.970. The maximum atomic E-state index is 12.5. The summed E-state index contributed by atoms with van der Waals surface area (Å²) in [5.41, 5.74) is 2.33. The van der Waals surface area contributed by atoms with Crippen molar-refractivity contribution >= 4 is 42.1 Å². The third kappa shape index (κ3) is 5.00. The summed E-state index contributed by atoms with van der Waals surface area (Å²) in [7, 11) is 1.93. The third-order valence-electron chi connectivity index (χ3n) is 4.40. The van der Waals surface area contributed by atoms with Crippen molar-refractivity contribution in [2.45, 2.75) is 25.7 Å². The molecule has 4 nitrogen and oxygen atoms in total. The largest absolute Gasteiger partial charge is 0.368 e. The third-order valence-corrected chi connectivity index (χ3v) is 4.40. The Labute approximate surface area is 151 Å². The minimum Gasteiger partial charge on any atom is -0.368 e. The van der Waals surface area contributed by atoms with Crippen molar-refractivity contribution in [2.75, 3.05) is 43.0 Å². The zero-order valence-corrected chi connectivity index (χ0v) is 15.3. The fraction of sp³-hybridized carbons (Fsp3) is 0.588. The van der Waals surface area contributed by atoms with Crippen LogP contribution in [-0.2, 0) is 4.79 Å². The fourth-order valence-corrected chi connectivity index (χ4v) is 3.03. The van der Waals surface area contributed by atoms with E-state index in [1.54, 1.807) is 0 Å². The highest BCUT2D eigenvalue weighted by Crippen LogP contribution is 2.37. The van der Waals surface area contributed by atoms with Crippen molar-refractivity contribution in [3.8, 4) is 0 Å². The molecule has 1 N–H and O–H groups in total. The molecule has 2 aliphatic rings. The van der Waals surface area contributed by atoms with Gasteiger partial charge >= 0.3 is 0 Å². The Kier molecular flexibility index (Phi) is 8.17. The molecule has 6 heteroatoms.